The summed E-state index contributed by atoms with van der Waals surface area (Å²) in [6.07, 6.45) is 1.27. The van der Waals surface area contributed by atoms with Gasteiger partial charge in [-0.3, -0.25) is 4.98 Å². The van der Waals surface area contributed by atoms with Crippen LogP contribution in [0.2, 0.25) is 0 Å². The van der Waals surface area contributed by atoms with E-state index >= 15 is 0 Å². The second-order valence-electron chi connectivity index (χ2n) is 4.33. The van der Waals surface area contributed by atoms with Crippen LogP contribution in [0.3, 0.4) is 0 Å². The minimum Gasteiger partial charge on any atom is -0.387 e. The van der Waals surface area contributed by atoms with Gasteiger partial charge < -0.3 is 10.0 Å². The van der Waals surface area contributed by atoms with E-state index in [9.17, 15) is 5.11 Å². The summed E-state index contributed by atoms with van der Waals surface area (Å²) in [5, 5.41) is 9.41. The highest BCUT2D eigenvalue weighted by Crippen LogP contribution is 2.20. The number of aromatic nitrogens is 2. The molecule has 5 heteroatoms. The van der Waals surface area contributed by atoms with Crippen molar-refractivity contribution in [2.75, 3.05) is 11.9 Å². The molecule has 1 atom stereocenters. The van der Waals surface area contributed by atoms with Crippen LogP contribution in [-0.2, 0) is 6.54 Å². The van der Waals surface area contributed by atoms with Gasteiger partial charge in [-0.2, -0.15) is 0 Å². The number of aliphatic hydroxyl groups excluding tert-OH is 1. The Morgan fingerprint density at radius 1 is 1.39 bits per heavy atom. The molecule has 0 bridgehead atoms. The topological polar surface area (TPSA) is 49.2 Å². The van der Waals surface area contributed by atoms with Gasteiger partial charge >= 0.3 is 0 Å². The predicted octanol–water partition coefficient (Wildman–Crippen LogP) is 2.54. The summed E-state index contributed by atoms with van der Waals surface area (Å²) in [7, 11) is 2.03. The Morgan fingerprint density at radius 2 is 2.17 bits per heavy atom. The molecule has 0 saturated heterocycles. The molecule has 0 fully saturated rings. The third-order valence-corrected chi connectivity index (χ3v) is 3.79. The lowest BCUT2D eigenvalue weighted by molar-refractivity contribution is 0.194. The molecule has 0 aliphatic heterocycles. The van der Waals surface area contributed by atoms with Crippen LogP contribution in [0.4, 0.5) is 5.69 Å². The fourth-order valence-electron chi connectivity index (χ4n) is 1.66. The van der Waals surface area contributed by atoms with E-state index in [1.165, 1.54) is 4.88 Å². The first-order valence-corrected chi connectivity index (χ1v) is 6.70. The van der Waals surface area contributed by atoms with E-state index in [-0.39, 0.29) is 0 Å². The van der Waals surface area contributed by atoms with Gasteiger partial charge in [-0.15, -0.1) is 11.3 Å². The molecule has 2 aromatic heterocycles. The molecule has 0 aromatic carbocycles. The summed E-state index contributed by atoms with van der Waals surface area (Å²) in [5.74, 6) is 0. The standard InChI is InChI=1S/C13H17N3OS/c1-9-13(18-8-15-9)7-16(3)11-4-5-12(10(2)17)14-6-11/h4-6,8,10,17H,7H2,1-3H3. The maximum absolute atomic E-state index is 9.41. The molecule has 1 unspecified atom stereocenters. The van der Waals surface area contributed by atoms with E-state index in [1.54, 1.807) is 24.5 Å². The molecule has 0 radical (unpaired) electrons. The van der Waals surface area contributed by atoms with E-state index in [2.05, 4.69) is 14.9 Å². The first-order valence-electron chi connectivity index (χ1n) is 5.82. The number of anilines is 1. The molecule has 0 amide bonds. The van der Waals surface area contributed by atoms with Crippen LogP contribution in [0.25, 0.3) is 0 Å². The molecule has 0 aliphatic rings. The summed E-state index contributed by atoms with van der Waals surface area (Å²) < 4.78 is 0. The summed E-state index contributed by atoms with van der Waals surface area (Å²) in [6, 6.07) is 3.83. The lowest BCUT2D eigenvalue weighted by atomic mass is 10.2. The van der Waals surface area contributed by atoms with E-state index in [0.29, 0.717) is 5.69 Å². The molecular weight excluding hydrogens is 246 g/mol. The number of rotatable bonds is 4. The summed E-state index contributed by atoms with van der Waals surface area (Å²) in [4.78, 5) is 11.9. The van der Waals surface area contributed by atoms with Gasteiger partial charge in [0.15, 0.2) is 0 Å². The fraction of sp³-hybridized carbons (Fsp3) is 0.385. The number of hydrogen-bond donors (Lipinski definition) is 1. The SMILES string of the molecule is Cc1ncsc1CN(C)c1ccc(C(C)O)nc1. The Morgan fingerprint density at radius 3 is 2.67 bits per heavy atom. The van der Waals surface area contributed by atoms with Gasteiger partial charge in [-0.25, -0.2) is 4.98 Å². The highest BCUT2D eigenvalue weighted by Gasteiger charge is 2.08. The first kappa shape index (κ1) is 13.0. The van der Waals surface area contributed by atoms with Gasteiger partial charge in [-0.1, -0.05) is 0 Å². The molecule has 0 saturated carbocycles. The van der Waals surface area contributed by atoms with Crippen molar-refractivity contribution in [2.45, 2.75) is 26.5 Å². The molecule has 2 aromatic rings. The molecule has 4 nitrogen and oxygen atoms in total. The van der Waals surface area contributed by atoms with Crippen LogP contribution in [0.1, 0.15) is 29.3 Å². The lowest BCUT2D eigenvalue weighted by Crippen LogP contribution is -2.16. The molecule has 2 rings (SSSR count). The normalized spacial score (nSPS) is 12.4. The van der Waals surface area contributed by atoms with Gasteiger partial charge in [-0.05, 0) is 26.0 Å². The van der Waals surface area contributed by atoms with Crippen molar-refractivity contribution >= 4 is 17.0 Å². The van der Waals surface area contributed by atoms with Crippen molar-refractivity contribution in [3.63, 3.8) is 0 Å². The van der Waals surface area contributed by atoms with E-state index < -0.39 is 6.10 Å². The summed E-state index contributed by atoms with van der Waals surface area (Å²) in [5.41, 5.74) is 4.68. The molecule has 96 valence electrons. The average Bonchev–Trinajstić information content (AvgIpc) is 2.75. The Bertz CT molecular complexity index is 507. The zero-order valence-electron chi connectivity index (χ0n) is 10.8. The smallest absolute Gasteiger partial charge is 0.0931 e. The Kier molecular flexibility index (Phi) is 3.93. The van der Waals surface area contributed by atoms with Gasteiger partial charge in [0, 0.05) is 11.9 Å². The third kappa shape index (κ3) is 2.86. The highest BCUT2D eigenvalue weighted by molar-refractivity contribution is 7.09. The van der Waals surface area contributed by atoms with Crippen molar-refractivity contribution < 1.29 is 5.11 Å². The molecular formula is C13H17N3OS. The first-order chi connectivity index (χ1) is 8.58. The predicted molar refractivity (Wildman–Crippen MR) is 73.8 cm³/mol. The molecule has 2 heterocycles. The minimum atomic E-state index is -0.520. The highest BCUT2D eigenvalue weighted by atomic mass is 32.1. The Hall–Kier alpha value is -1.46. The van der Waals surface area contributed by atoms with Crippen LogP contribution < -0.4 is 4.90 Å². The summed E-state index contributed by atoms with van der Waals surface area (Å²) in [6.45, 7) is 4.56. The van der Waals surface area contributed by atoms with Crippen molar-refractivity contribution in [1.29, 1.82) is 0 Å². The molecule has 1 N–H and O–H groups in total. The van der Waals surface area contributed by atoms with Crippen LogP contribution in [-0.4, -0.2) is 22.1 Å². The number of nitrogens with zero attached hydrogens (tertiary/aromatic N) is 3. The number of pyridine rings is 1. The molecule has 18 heavy (non-hydrogen) atoms. The Balaban J connectivity index is 2.09. The van der Waals surface area contributed by atoms with Crippen LogP contribution >= 0.6 is 11.3 Å². The van der Waals surface area contributed by atoms with E-state index in [1.807, 2.05) is 31.6 Å². The van der Waals surface area contributed by atoms with Crippen molar-refractivity contribution in [3.05, 3.63) is 40.1 Å². The van der Waals surface area contributed by atoms with E-state index in [4.69, 9.17) is 0 Å². The monoisotopic (exact) mass is 263 g/mol. The zero-order chi connectivity index (χ0) is 13.1. The van der Waals surface area contributed by atoms with Gasteiger partial charge in [0.1, 0.15) is 0 Å². The van der Waals surface area contributed by atoms with Crippen molar-refractivity contribution in [1.82, 2.24) is 9.97 Å². The maximum Gasteiger partial charge on any atom is 0.0931 e. The molecule has 0 spiro atoms. The second-order valence-corrected chi connectivity index (χ2v) is 5.27. The third-order valence-electron chi connectivity index (χ3n) is 2.87. The maximum atomic E-state index is 9.41. The van der Waals surface area contributed by atoms with Crippen LogP contribution in [0, 0.1) is 6.92 Å². The number of thiazole rings is 1. The van der Waals surface area contributed by atoms with Gasteiger partial charge in [0.2, 0.25) is 0 Å². The van der Waals surface area contributed by atoms with Crippen LogP contribution in [0.5, 0.6) is 0 Å². The Labute approximate surface area is 111 Å². The summed E-state index contributed by atoms with van der Waals surface area (Å²) >= 11 is 1.67. The number of hydrogen-bond acceptors (Lipinski definition) is 5. The largest absolute Gasteiger partial charge is 0.387 e. The van der Waals surface area contributed by atoms with Crippen molar-refractivity contribution in [3.8, 4) is 0 Å². The van der Waals surface area contributed by atoms with Gasteiger partial charge in [0.05, 0.1) is 41.4 Å². The van der Waals surface area contributed by atoms with Gasteiger partial charge in [0.25, 0.3) is 0 Å². The second kappa shape index (κ2) is 5.46. The van der Waals surface area contributed by atoms with Crippen molar-refractivity contribution in [2.24, 2.45) is 0 Å². The van der Waals surface area contributed by atoms with E-state index in [0.717, 1.165) is 17.9 Å². The lowest BCUT2D eigenvalue weighted by Gasteiger charge is -2.18. The average molecular weight is 263 g/mol. The van der Waals surface area contributed by atoms with Crippen LogP contribution in [0.15, 0.2) is 23.8 Å². The molecule has 0 aliphatic carbocycles. The minimum absolute atomic E-state index is 0.520. The number of aliphatic hydroxyl groups is 1. The number of aryl methyl sites for hydroxylation is 1. The zero-order valence-corrected chi connectivity index (χ0v) is 11.6. The quantitative estimate of drug-likeness (QED) is 0.921. The fourth-order valence-corrected chi connectivity index (χ4v) is 2.48.